The first-order valence-corrected chi connectivity index (χ1v) is 7.07. The minimum absolute atomic E-state index is 0.148. The predicted octanol–water partition coefficient (Wildman–Crippen LogP) is 3.18. The number of rotatable bonds is 1. The first-order valence-electron chi connectivity index (χ1n) is 7.07. The molecule has 0 saturated heterocycles. The highest BCUT2D eigenvalue weighted by molar-refractivity contribution is 5.33. The van der Waals surface area contributed by atoms with Crippen LogP contribution in [0.15, 0.2) is 18.2 Å². The quantitative estimate of drug-likeness (QED) is 0.818. The van der Waals surface area contributed by atoms with Gasteiger partial charge in [-0.3, -0.25) is 0 Å². The summed E-state index contributed by atoms with van der Waals surface area (Å²) in [6, 6.07) is 5.74. The molecule has 0 unspecified atom stereocenters. The Morgan fingerprint density at radius 2 is 1.79 bits per heavy atom. The molecule has 0 atom stereocenters. The molecule has 1 aliphatic rings. The molecule has 2 rings (SSSR count). The summed E-state index contributed by atoms with van der Waals surface area (Å²) >= 11 is 0. The zero-order valence-corrected chi connectivity index (χ0v) is 12.2. The molecule has 0 amide bonds. The molecule has 0 spiro atoms. The van der Waals surface area contributed by atoms with Crippen molar-refractivity contribution < 1.29 is 4.39 Å². The molecule has 0 heterocycles. The van der Waals surface area contributed by atoms with E-state index in [4.69, 9.17) is 11.5 Å². The first-order chi connectivity index (χ1) is 8.72. The number of benzene rings is 1. The maximum absolute atomic E-state index is 14.3. The van der Waals surface area contributed by atoms with Crippen molar-refractivity contribution in [2.45, 2.75) is 63.5 Å². The highest BCUT2D eigenvalue weighted by atomic mass is 19.1. The van der Waals surface area contributed by atoms with Crippen LogP contribution in [0.5, 0.6) is 0 Å². The van der Waals surface area contributed by atoms with Gasteiger partial charge in [-0.1, -0.05) is 32.9 Å². The van der Waals surface area contributed by atoms with Crippen molar-refractivity contribution in [1.29, 1.82) is 0 Å². The van der Waals surface area contributed by atoms with Crippen LogP contribution in [-0.2, 0) is 11.0 Å². The van der Waals surface area contributed by atoms with Gasteiger partial charge in [0.15, 0.2) is 0 Å². The van der Waals surface area contributed by atoms with Crippen LogP contribution in [0, 0.1) is 5.82 Å². The van der Waals surface area contributed by atoms with Crippen LogP contribution < -0.4 is 11.5 Å². The fraction of sp³-hybridized carbons (Fsp3) is 0.625. The van der Waals surface area contributed by atoms with Crippen molar-refractivity contribution in [2.24, 2.45) is 11.5 Å². The van der Waals surface area contributed by atoms with E-state index in [0.717, 1.165) is 36.8 Å². The van der Waals surface area contributed by atoms with Gasteiger partial charge in [0.1, 0.15) is 5.82 Å². The van der Waals surface area contributed by atoms with Gasteiger partial charge in [0.05, 0.1) is 0 Å². The summed E-state index contributed by atoms with van der Waals surface area (Å²) in [5, 5.41) is 0. The van der Waals surface area contributed by atoms with Crippen molar-refractivity contribution in [1.82, 2.24) is 0 Å². The van der Waals surface area contributed by atoms with E-state index in [1.807, 2.05) is 32.9 Å². The first kappa shape index (κ1) is 14.5. The van der Waals surface area contributed by atoms with Gasteiger partial charge >= 0.3 is 0 Å². The van der Waals surface area contributed by atoms with E-state index in [-0.39, 0.29) is 17.3 Å². The smallest absolute Gasteiger partial charge is 0.127 e. The molecule has 1 aromatic carbocycles. The molecule has 0 aromatic heterocycles. The summed E-state index contributed by atoms with van der Waals surface area (Å²) in [7, 11) is 0. The van der Waals surface area contributed by atoms with Gasteiger partial charge < -0.3 is 11.5 Å². The maximum atomic E-state index is 14.3. The van der Waals surface area contributed by atoms with Crippen LogP contribution in [0.25, 0.3) is 0 Å². The van der Waals surface area contributed by atoms with E-state index in [1.54, 1.807) is 6.07 Å². The monoisotopic (exact) mass is 264 g/mol. The molecule has 106 valence electrons. The van der Waals surface area contributed by atoms with Crippen molar-refractivity contribution in [3.63, 3.8) is 0 Å². The molecule has 0 aliphatic heterocycles. The lowest BCUT2D eigenvalue weighted by Gasteiger charge is -2.37. The van der Waals surface area contributed by atoms with Crippen LogP contribution in [0.3, 0.4) is 0 Å². The van der Waals surface area contributed by atoms with E-state index >= 15 is 0 Å². The zero-order valence-electron chi connectivity index (χ0n) is 12.2. The van der Waals surface area contributed by atoms with Crippen LogP contribution in [0.2, 0.25) is 0 Å². The van der Waals surface area contributed by atoms with Gasteiger partial charge in [-0.2, -0.15) is 0 Å². The Balaban J connectivity index is 2.30. The fourth-order valence-electron chi connectivity index (χ4n) is 2.88. The number of hydrogen-bond donors (Lipinski definition) is 2. The normalized spacial score (nSPS) is 28.4. The molecular weight excluding hydrogens is 239 g/mol. The van der Waals surface area contributed by atoms with Crippen LogP contribution >= 0.6 is 0 Å². The van der Waals surface area contributed by atoms with Gasteiger partial charge in [0, 0.05) is 11.6 Å². The molecule has 1 aliphatic carbocycles. The van der Waals surface area contributed by atoms with Gasteiger partial charge in [0.25, 0.3) is 0 Å². The molecule has 3 heteroatoms. The number of nitrogens with two attached hydrogens (primary N) is 2. The Labute approximate surface area is 115 Å². The Hall–Kier alpha value is -0.930. The lowest BCUT2D eigenvalue weighted by molar-refractivity contribution is 0.276. The summed E-state index contributed by atoms with van der Waals surface area (Å²) in [5.74, 6) is -0.148. The lowest BCUT2D eigenvalue weighted by atomic mass is 9.75. The third-order valence-electron chi connectivity index (χ3n) is 4.27. The molecule has 19 heavy (non-hydrogen) atoms. The van der Waals surface area contributed by atoms with Crippen molar-refractivity contribution >= 4 is 0 Å². The largest absolute Gasteiger partial charge is 0.328 e. The van der Waals surface area contributed by atoms with Gasteiger partial charge in [-0.15, -0.1) is 0 Å². The molecular formula is C16H25FN2. The Morgan fingerprint density at radius 3 is 2.26 bits per heavy atom. The maximum Gasteiger partial charge on any atom is 0.127 e. The van der Waals surface area contributed by atoms with Crippen molar-refractivity contribution in [2.75, 3.05) is 0 Å². The average Bonchev–Trinajstić information content (AvgIpc) is 2.31. The average molecular weight is 264 g/mol. The summed E-state index contributed by atoms with van der Waals surface area (Å²) in [6.07, 6.45) is 3.50. The standard InChI is InChI=1S/C16H25FN2/c1-15(2,3)13-5-4-11(10-14(13)17)16(19)8-6-12(18)7-9-16/h4-5,10,12H,6-9,18-19H2,1-3H3. The number of hydrogen-bond acceptors (Lipinski definition) is 2. The second-order valence-corrected chi connectivity index (χ2v) is 6.94. The van der Waals surface area contributed by atoms with E-state index < -0.39 is 5.54 Å². The van der Waals surface area contributed by atoms with E-state index in [1.165, 1.54) is 0 Å². The minimum Gasteiger partial charge on any atom is -0.328 e. The second kappa shape index (κ2) is 4.88. The van der Waals surface area contributed by atoms with E-state index in [2.05, 4.69) is 0 Å². The zero-order chi connectivity index (χ0) is 14.3. The summed E-state index contributed by atoms with van der Waals surface area (Å²) in [5.41, 5.74) is 13.4. The molecule has 1 saturated carbocycles. The summed E-state index contributed by atoms with van der Waals surface area (Å²) in [6.45, 7) is 6.05. The van der Waals surface area contributed by atoms with Crippen molar-refractivity contribution in [3.8, 4) is 0 Å². The second-order valence-electron chi connectivity index (χ2n) is 6.94. The Kier molecular flexibility index (Phi) is 3.72. The third kappa shape index (κ3) is 2.98. The van der Waals surface area contributed by atoms with Crippen LogP contribution in [-0.4, -0.2) is 6.04 Å². The van der Waals surface area contributed by atoms with Gasteiger partial charge in [-0.25, -0.2) is 4.39 Å². The Morgan fingerprint density at radius 1 is 1.21 bits per heavy atom. The van der Waals surface area contributed by atoms with Crippen LogP contribution in [0.4, 0.5) is 4.39 Å². The molecule has 0 radical (unpaired) electrons. The molecule has 1 fully saturated rings. The highest BCUT2D eigenvalue weighted by Crippen LogP contribution is 2.36. The highest BCUT2D eigenvalue weighted by Gasteiger charge is 2.33. The van der Waals surface area contributed by atoms with Gasteiger partial charge in [0.2, 0.25) is 0 Å². The van der Waals surface area contributed by atoms with Gasteiger partial charge in [-0.05, 0) is 48.3 Å². The predicted molar refractivity (Wildman–Crippen MR) is 77.4 cm³/mol. The van der Waals surface area contributed by atoms with E-state index in [9.17, 15) is 4.39 Å². The van der Waals surface area contributed by atoms with E-state index in [0.29, 0.717) is 0 Å². The summed E-state index contributed by atoms with van der Waals surface area (Å²) < 4.78 is 14.3. The molecule has 1 aromatic rings. The molecule has 2 nitrogen and oxygen atoms in total. The molecule has 4 N–H and O–H groups in total. The summed E-state index contributed by atoms with van der Waals surface area (Å²) in [4.78, 5) is 0. The molecule has 0 bridgehead atoms. The van der Waals surface area contributed by atoms with Crippen LogP contribution in [0.1, 0.15) is 57.6 Å². The minimum atomic E-state index is -0.410. The van der Waals surface area contributed by atoms with Crippen molar-refractivity contribution in [3.05, 3.63) is 35.1 Å². The fourth-order valence-corrected chi connectivity index (χ4v) is 2.88. The number of halogens is 1. The SMILES string of the molecule is CC(C)(C)c1ccc(C2(N)CCC(N)CC2)cc1F. The lowest BCUT2D eigenvalue weighted by Crippen LogP contribution is -2.43. The topological polar surface area (TPSA) is 52.0 Å². The Bertz CT molecular complexity index is 454. The third-order valence-corrected chi connectivity index (χ3v) is 4.27.